The fourth-order valence-electron chi connectivity index (χ4n) is 1.34. The lowest BCUT2D eigenvalue weighted by atomic mass is 10.4. The lowest BCUT2D eigenvalue weighted by Gasteiger charge is -1.99. The van der Waals surface area contributed by atoms with Crippen molar-refractivity contribution in [3.63, 3.8) is 0 Å². The molecule has 0 radical (unpaired) electrons. The quantitative estimate of drug-likeness (QED) is 0.800. The van der Waals surface area contributed by atoms with Crippen molar-refractivity contribution in [3.05, 3.63) is 16.7 Å². The molecule has 102 valence electrons. The maximum atomic E-state index is 11.8. The highest BCUT2D eigenvalue weighted by Gasteiger charge is 2.12. The van der Waals surface area contributed by atoms with Crippen molar-refractivity contribution in [1.82, 2.24) is 25.7 Å². The number of amides is 1. The van der Waals surface area contributed by atoms with Gasteiger partial charge in [-0.15, -0.1) is 10.2 Å². The van der Waals surface area contributed by atoms with E-state index in [1.54, 1.807) is 6.92 Å². The van der Waals surface area contributed by atoms with Gasteiger partial charge in [0, 0.05) is 26.4 Å². The second kappa shape index (κ2) is 6.23. The standard InChI is InChI=1S/C10H14N6O2S/c1-3-11-10-15-14-9(19-10)8(17)12-5-4-7-13-6(2)18-16-7/h3-5H2,1-2H3,(H,11,15)(H,12,17). The highest BCUT2D eigenvalue weighted by molar-refractivity contribution is 7.17. The summed E-state index contributed by atoms with van der Waals surface area (Å²) in [5, 5.41) is 18.1. The van der Waals surface area contributed by atoms with Gasteiger partial charge in [-0.25, -0.2) is 0 Å². The molecule has 2 aromatic rings. The van der Waals surface area contributed by atoms with Gasteiger partial charge in [0.25, 0.3) is 5.91 Å². The third-order valence-electron chi connectivity index (χ3n) is 2.15. The van der Waals surface area contributed by atoms with Crippen LogP contribution in [0.15, 0.2) is 4.52 Å². The molecule has 2 rings (SSSR count). The average Bonchev–Trinajstić information content (AvgIpc) is 2.99. The summed E-state index contributed by atoms with van der Waals surface area (Å²) >= 11 is 1.22. The van der Waals surface area contributed by atoms with Gasteiger partial charge in [0.1, 0.15) is 0 Å². The fourth-order valence-corrected chi connectivity index (χ4v) is 2.07. The summed E-state index contributed by atoms with van der Waals surface area (Å²) in [6, 6.07) is 0. The number of rotatable bonds is 6. The molecule has 0 aliphatic rings. The molecule has 0 unspecified atom stereocenters. The molecule has 2 heterocycles. The Morgan fingerprint density at radius 1 is 1.42 bits per heavy atom. The SMILES string of the molecule is CCNc1nnc(C(=O)NCCc2noc(C)n2)s1. The van der Waals surface area contributed by atoms with Gasteiger partial charge in [-0.2, -0.15) is 4.98 Å². The fraction of sp³-hybridized carbons (Fsp3) is 0.500. The summed E-state index contributed by atoms with van der Waals surface area (Å²) in [6.07, 6.45) is 0.516. The maximum Gasteiger partial charge on any atom is 0.282 e. The summed E-state index contributed by atoms with van der Waals surface area (Å²) in [6.45, 7) is 4.84. The molecule has 0 atom stereocenters. The minimum atomic E-state index is -0.248. The number of carbonyl (C=O) groups excluding carboxylic acids is 1. The Morgan fingerprint density at radius 3 is 2.95 bits per heavy atom. The van der Waals surface area contributed by atoms with Crippen LogP contribution in [0, 0.1) is 6.92 Å². The van der Waals surface area contributed by atoms with Gasteiger partial charge >= 0.3 is 0 Å². The monoisotopic (exact) mass is 282 g/mol. The molecule has 0 aliphatic carbocycles. The van der Waals surface area contributed by atoms with E-state index in [2.05, 4.69) is 31.0 Å². The number of carbonyl (C=O) groups is 1. The van der Waals surface area contributed by atoms with E-state index in [0.717, 1.165) is 6.54 Å². The van der Waals surface area contributed by atoms with Crippen LogP contribution in [-0.2, 0) is 6.42 Å². The summed E-state index contributed by atoms with van der Waals surface area (Å²) in [4.78, 5) is 15.8. The molecular weight excluding hydrogens is 268 g/mol. The molecule has 0 saturated carbocycles. The average molecular weight is 282 g/mol. The Bertz CT molecular complexity index is 552. The second-order valence-corrected chi connectivity index (χ2v) is 4.66. The normalized spacial score (nSPS) is 10.4. The van der Waals surface area contributed by atoms with Crippen molar-refractivity contribution < 1.29 is 9.32 Å². The maximum absolute atomic E-state index is 11.8. The first kappa shape index (κ1) is 13.4. The molecule has 0 aliphatic heterocycles. The van der Waals surface area contributed by atoms with Crippen LogP contribution in [-0.4, -0.2) is 39.3 Å². The highest BCUT2D eigenvalue weighted by Crippen LogP contribution is 2.14. The van der Waals surface area contributed by atoms with Crippen molar-refractivity contribution in [1.29, 1.82) is 0 Å². The molecule has 19 heavy (non-hydrogen) atoms. The van der Waals surface area contributed by atoms with Gasteiger partial charge in [-0.05, 0) is 6.92 Å². The smallest absolute Gasteiger partial charge is 0.282 e. The first-order valence-corrected chi connectivity index (χ1v) is 6.65. The topological polar surface area (TPSA) is 106 Å². The van der Waals surface area contributed by atoms with Crippen LogP contribution >= 0.6 is 11.3 Å². The zero-order valence-corrected chi connectivity index (χ0v) is 11.5. The van der Waals surface area contributed by atoms with Crippen LogP contribution in [0.1, 0.15) is 28.4 Å². The Balaban J connectivity index is 1.80. The predicted octanol–water partition coefficient (Wildman–Crippen LogP) is 0.634. The Hall–Kier alpha value is -2.03. The van der Waals surface area contributed by atoms with Crippen LogP contribution in [0.25, 0.3) is 0 Å². The predicted molar refractivity (Wildman–Crippen MR) is 69.1 cm³/mol. The number of hydrogen-bond acceptors (Lipinski definition) is 8. The van der Waals surface area contributed by atoms with Gasteiger partial charge < -0.3 is 15.2 Å². The molecule has 9 heteroatoms. The minimum absolute atomic E-state index is 0.248. The van der Waals surface area contributed by atoms with E-state index in [4.69, 9.17) is 4.52 Å². The number of nitrogens with one attached hydrogen (secondary N) is 2. The number of aryl methyl sites for hydroxylation is 1. The largest absolute Gasteiger partial charge is 0.360 e. The summed E-state index contributed by atoms with van der Waals surface area (Å²) in [5.41, 5.74) is 0. The Kier molecular flexibility index (Phi) is 4.39. The Morgan fingerprint density at radius 2 is 2.26 bits per heavy atom. The molecule has 8 nitrogen and oxygen atoms in total. The van der Waals surface area contributed by atoms with Gasteiger partial charge in [-0.3, -0.25) is 4.79 Å². The van der Waals surface area contributed by atoms with Crippen LogP contribution in [0.3, 0.4) is 0 Å². The summed E-state index contributed by atoms with van der Waals surface area (Å²) in [7, 11) is 0. The molecule has 0 aromatic carbocycles. The van der Waals surface area contributed by atoms with E-state index in [0.29, 0.717) is 34.8 Å². The number of aromatic nitrogens is 4. The number of nitrogens with zero attached hydrogens (tertiary/aromatic N) is 4. The van der Waals surface area contributed by atoms with E-state index in [9.17, 15) is 4.79 Å². The lowest BCUT2D eigenvalue weighted by molar-refractivity contribution is 0.0953. The van der Waals surface area contributed by atoms with E-state index in [-0.39, 0.29) is 5.91 Å². The van der Waals surface area contributed by atoms with E-state index >= 15 is 0 Å². The lowest BCUT2D eigenvalue weighted by Crippen LogP contribution is -2.25. The van der Waals surface area contributed by atoms with Crippen LogP contribution in [0.5, 0.6) is 0 Å². The molecule has 0 bridgehead atoms. The summed E-state index contributed by atoms with van der Waals surface area (Å²) < 4.78 is 4.83. The van der Waals surface area contributed by atoms with E-state index in [1.807, 2.05) is 6.92 Å². The van der Waals surface area contributed by atoms with Gasteiger partial charge in [0.15, 0.2) is 5.82 Å². The molecule has 0 spiro atoms. The zero-order valence-electron chi connectivity index (χ0n) is 10.6. The minimum Gasteiger partial charge on any atom is -0.360 e. The summed E-state index contributed by atoms with van der Waals surface area (Å²) in [5.74, 6) is 0.839. The first-order chi connectivity index (χ1) is 9.19. The van der Waals surface area contributed by atoms with Gasteiger partial charge in [-0.1, -0.05) is 16.5 Å². The molecule has 1 amide bonds. The molecule has 0 fully saturated rings. The third-order valence-corrected chi connectivity index (χ3v) is 3.03. The van der Waals surface area contributed by atoms with Crippen LogP contribution < -0.4 is 10.6 Å². The van der Waals surface area contributed by atoms with Gasteiger partial charge in [0.05, 0.1) is 0 Å². The van der Waals surface area contributed by atoms with E-state index in [1.165, 1.54) is 11.3 Å². The Labute approximate surface area is 113 Å². The van der Waals surface area contributed by atoms with Crippen molar-refractivity contribution >= 4 is 22.4 Å². The van der Waals surface area contributed by atoms with E-state index < -0.39 is 0 Å². The van der Waals surface area contributed by atoms with Crippen LogP contribution in [0.2, 0.25) is 0 Å². The van der Waals surface area contributed by atoms with Crippen molar-refractivity contribution in [2.24, 2.45) is 0 Å². The highest BCUT2D eigenvalue weighted by atomic mass is 32.1. The molecular formula is C10H14N6O2S. The molecule has 0 saturated heterocycles. The third kappa shape index (κ3) is 3.71. The van der Waals surface area contributed by atoms with Gasteiger partial charge in [0.2, 0.25) is 16.0 Å². The van der Waals surface area contributed by atoms with Crippen molar-refractivity contribution in [2.45, 2.75) is 20.3 Å². The number of hydrogen-bond donors (Lipinski definition) is 2. The molecule has 2 N–H and O–H groups in total. The van der Waals surface area contributed by atoms with Crippen molar-refractivity contribution in [3.8, 4) is 0 Å². The zero-order chi connectivity index (χ0) is 13.7. The van der Waals surface area contributed by atoms with Crippen molar-refractivity contribution in [2.75, 3.05) is 18.4 Å². The number of anilines is 1. The second-order valence-electron chi connectivity index (χ2n) is 3.68. The first-order valence-electron chi connectivity index (χ1n) is 5.83. The van der Waals surface area contributed by atoms with Crippen LogP contribution in [0.4, 0.5) is 5.13 Å². The molecule has 2 aromatic heterocycles.